The largest absolute Gasteiger partial charge is 0.390 e. The van der Waals surface area contributed by atoms with E-state index in [0.717, 1.165) is 18.2 Å². The Bertz CT molecular complexity index is 927. The summed E-state index contributed by atoms with van der Waals surface area (Å²) in [6, 6.07) is 11.0. The molecular formula is C21H22F2N2O5. The van der Waals surface area contributed by atoms with Gasteiger partial charge in [-0.05, 0) is 30.3 Å². The minimum absolute atomic E-state index is 0.0407. The molecule has 0 aliphatic carbocycles. The number of benzene rings is 2. The normalized spacial score (nSPS) is 23.2. The monoisotopic (exact) mass is 420 g/mol. The van der Waals surface area contributed by atoms with Gasteiger partial charge in [0.1, 0.15) is 6.10 Å². The number of hydrogen-bond donors (Lipinski definition) is 3. The van der Waals surface area contributed by atoms with Crippen LogP contribution < -0.4 is 5.32 Å². The molecule has 1 fully saturated rings. The fourth-order valence-electron chi connectivity index (χ4n) is 3.31. The lowest BCUT2D eigenvalue weighted by molar-refractivity contribution is -0.0940. The van der Waals surface area contributed by atoms with E-state index in [9.17, 15) is 28.7 Å². The molecule has 3 rings (SSSR count). The maximum Gasteiger partial charge on any atom is 0.277 e. The molecular weight excluding hydrogens is 398 g/mol. The summed E-state index contributed by atoms with van der Waals surface area (Å²) in [6.45, 7) is 1.41. The van der Waals surface area contributed by atoms with Crippen molar-refractivity contribution in [2.75, 3.05) is 19.7 Å². The Morgan fingerprint density at radius 3 is 2.53 bits per heavy atom. The average Bonchev–Trinajstić information content (AvgIpc) is 3.02. The van der Waals surface area contributed by atoms with E-state index in [2.05, 4.69) is 5.32 Å². The van der Waals surface area contributed by atoms with Crippen LogP contribution >= 0.6 is 0 Å². The molecule has 2 aromatic carbocycles. The number of ether oxygens (including phenoxy) is 1. The number of hydroxylamine groups is 2. The fourth-order valence-corrected chi connectivity index (χ4v) is 3.31. The van der Waals surface area contributed by atoms with Crippen LogP contribution in [0.5, 0.6) is 0 Å². The predicted molar refractivity (Wildman–Crippen MR) is 102 cm³/mol. The molecule has 1 heterocycles. The zero-order valence-electron chi connectivity index (χ0n) is 16.2. The van der Waals surface area contributed by atoms with Gasteiger partial charge < -0.3 is 15.2 Å². The first kappa shape index (κ1) is 21.8. The molecule has 2 aromatic rings. The Morgan fingerprint density at radius 2 is 1.87 bits per heavy atom. The van der Waals surface area contributed by atoms with Crippen LogP contribution in [-0.2, 0) is 4.74 Å². The van der Waals surface area contributed by atoms with Gasteiger partial charge in [0.05, 0.1) is 19.3 Å². The van der Waals surface area contributed by atoms with Gasteiger partial charge in [-0.2, -0.15) is 0 Å². The van der Waals surface area contributed by atoms with Gasteiger partial charge in [-0.1, -0.05) is 25.1 Å². The van der Waals surface area contributed by atoms with E-state index in [1.165, 1.54) is 0 Å². The highest BCUT2D eigenvalue weighted by Gasteiger charge is 2.47. The van der Waals surface area contributed by atoms with Crippen LogP contribution in [0.15, 0.2) is 48.5 Å². The Morgan fingerprint density at radius 1 is 1.17 bits per heavy atom. The number of amides is 2. The minimum Gasteiger partial charge on any atom is -0.390 e. The number of rotatable bonds is 6. The van der Waals surface area contributed by atoms with E-state index in [1.807, 2.05) is 0 Å². The molecule has 30 heavy (non-hydrogen) atoms. The van der Waals surface area contributed by atoms with Gasteiger partial charge >= 0.3 is 0 Å². The van der Waals surface area contributed by atoms with E-state index in [4.69, 9.17) is 4.74 Å². The molecule has 0 radical (unpaired) electrons. The number of nitrogens with one attached hydrogen (secondary N) is 1. The third-order valence-corrected chi connectivity index (χ3v) is 5.11. The van der Waals surface area contributed by atoms with E-state index >= 15 is 0 Å². The summed E-state index contributed by atoms with van der Waals surface area (Å²) in [5.74, 6) is -3.46. The van der Waals surface area contributed by atoms with Crippen molar-refractivity contribution in [3.8, 4) is 0 Å². The highest BCUT2D eigenvalue weighted by molar-refractivity contribution is 5.94. The number of hydrogen-bond acceptors (Lipinski definition) is 5. The average molecular weight is 420 g/mol. The second kappa shape index (κ2) is 8.86. The summed E-state index contributed by atoms with van der Waals surface area (Å²) >= 11 is 0. The summed E-state index contributed by atoms with van der Waals surface area (Å²) in [4.78, 5) is 24.5. The van der Waals surface area contributed by atoms with E-state index < -0.39 is 41.1 Å². The van der Waals surface area contributed by atoms with Gasteiger partial charge in [-0.3, -0.25) is 14.8 Å². The Hall–Kier alpha value is -2.88. The third-order valence-electron chi connectivity index (χ3n) is 5.11. The van der Waals surface area contributed by atoms with Gasteiger partial charge in [0.25, 0.3) is 11.8 Å². The lowest BCUT2D eigenvalue weighted by Crippen LogP contribution is -2.47. The summed E-state index contributed by atoms with van der Waals surface area (Å²) in [7, 11) is 0. The maximum atomic E-state index is 13.3. The van der Waals surface area contributed by atoms with Crippen LogP contribution in [0.25, 0.3) is 0 Å². The molecule has 3 N–H and O–H groups in total. The van der Waals surface area contributed by atoms with Crippen LogP contribution in [0.2, 0.25) is 0 Å². The zero-order chi connectivity index (χ0) is 21.9. The van der Waals surface area contributed by atoms with Gasteiger partial charge in [-0.25, -0.2) is 13.8 Å². The number of carbonyl (C=O) groups excluding carboxylic acids is 2. The fraction of sp³-hybridized carbons (Fsp3) is 0.333. The predicted octanol–water partition coefficient (Wildman–Crippen LogP) is 1.99. The molecule has 160 valence electrons. The van der Waals surface area contributed by atoms with Crippen molar-refractivity contribution in [2.24, 2.45) is 5.41 Å². The highest BCUT2D eigenvalue weighted by atomic mass is 19.2. The quantitative estimate of drug-likeness (QED) is 0.490. The Kier molecular flexibility index (Phi) is 6.45. The SMILES string of the molecule is C[C@@]1(CN(O)C(=O)c2ccccc2)CO[C@H](CNC(=O)c2ccc(F)c(F)c2)[C@H]1O. The van der Waals surface area contributed by atoms with Gasteiger partial charge in [0.2, 0.25) is 0 Å². The molecule has 0 spiro atoms. The summed E-state index contributed by atoms with van der Waals surface area (Å²) < 4.78 is 31.8. The lowest BCUT2D eigenvalue weighted by atomic mass is 9.84. The number of aliphatic hydroxyl groups is 1. The van der Waals surface area contributed by atoms with Crippen molar-refractivity contribution in [2.45, 2.75) is 19.1 Å². The van der Waals surface area contributed by atoms with Crippen LogP contribution in [0.1, 0.15) is 27.6 Å². The van der Waals surface area contributed by atoms with Crippen LogP contribution in [-0.4, -0.2) is 59.1 Å². The van der Waals surface area contributed by atoms with Crippen LogP contribution in [0, 0.1) is 17.0 Å². The number of aliphatic hydroxyl groups excluding tert-OH is 1. The number of halogens is 2. The maximum absolute atomic E-state index is 13.3. The van der Waals surface area contributed by atoms with Crippen molar-refractivity contribution in [1.29, 1.82) is 0 Å². The minimum atomic E-state index is -1.14. The molecule has 0 bridgehead atoms. The molecule has 2 amide bonds. The molecule has 0 aromatic heterocycles. The third kappa shape index (κ3) is 4.64. The van der Waals surface area contributed by atoms with Crippen molar-refractivity contribution in [3.05, 3.63) is 71.3 Å². The van der Waals surface area contributed by atoms with Gasteiger partial charge in [0, 0.05) is 23.1 Å². The van der Waals surface area contributed by atoms with Crippen LogP contribution in [0.4, 0.5) is 8.78 Å². The van der Waals surface area contributed by atoms with E-state index in [1.54, 1.807) is 37.3 Å². The van der Waals surface area contributed by atoms with Crippen molar-refractivity contribution >= 4 is 11.8 Å². The molecule has 1 aliphatic heterocycles. The second-order valence-corrected chi connectivity index (χ2v) is 7.52. The second-order valence-electron chi connectivity index (χ2n) is 7.52. The standard InChI is InChI=1S/C21H22F2N2O5/c1-21(11-25(29)20(28)13-5-3-2-4-6-13)12-30-17(18(21)26)10-24-19(27)14-7-8-15(22)16(23)9-14/h2-9,17-18,26,29H,10-12H2,1H3,(H,24,27)/t17-,18-,21-/m1/s1. The van der Waals surface area contributed by atoms with Crippen molar-refractivity contribution in [1.82, 2.24) is 10.4 Å². The summed E-state index contributed by atoms with van der Waals surface area (Å²) in [5.41, 5.74) is -0.747. The van der Waals surface area contributed by atoms with Crippen molar-refractivity contribution in [3.63, 3.8) is 0 Å². The Balaban J connectivity index is 1.57. The zero-order valence-corrected chi connectivity index (χ0v) is 16.2. The molecule has 1 aliphatic rings. The first-order valence-corrected chi connectivity index (χ1v) is 9.30. The first-order chi connectivity index (χ1) is 14.2. The van der Waals surface area contributed by atoms with Gasteiger partial charge in [0.15, 0.2) is 11.6 Å². The van der Waals surface area contributed by atoms with E-state index in [-0.39, 0.29) is 25.3 Å². The lowest BCUT2D eigenvalue weighted by Gasteiger charge is -2.31. The smallest absolute Gasteiger partial charge is 0.277 e. The molecule has 0 unspecified atom stereocenters. The number of nitrogens with zero attached hydrogens (tertiary/aromatic N) is 1. The topological polar surface area (TPSA) is 99.1 Å². The molecule has 9 heteroatoms. The summed E-state index contributed by atoms with van der Waals surface area (Å²) in [6.07, 6.45) is -1.90. The molecule has 1 saturated heterocycles. The summed E-state index contributed by atoms with van der Waals surface area (Å²) in [5, 5.41) is 23.9. The number of carbonyl (C=O) groups is 2. The Labute approximate surface area is 171 Å². The van der Waals surface area contributed by atoms with Gasteiger partial charge in [-0.15, -0.1) is 0 Å². The highest BCUT2D eigenvalue weighted by Crippen LogP contribution is 2.33. The first-order valence-electron chi connectivity index (χ1n) is 9.30. The van der Waals surface area contributed by atoms with Crippen molar-refractivity contribution < 1.29 is 33.4 Å². The molecule has 0 saturated carbocycles. The molecule has 7 nitrogen and oxygen atoms in total. The van der Waals surface area contributed by atoms with Crippen LogP contribution in [0.3, 0.4) is 0 Å². The van der Waals surface area contributed by atoms with E-state index in [0.29, 0.717) is 10.6 Å². The molecule has 3 atom stereocenters.